The minimum atomic E-state index is -2.83. The smallest absolute Gasteiger partial charge is 0.387 e. The fourth-order valence-electron chi connectivity index (χ4n) is 2.68. The second-order valence-electron chi connectivity index (χ2n) is 5.65. The Morgan fingerprint density at radius 1 is 0.800 bits per heavy atom. The number of rotatable bonds is 5. The van der Waals surface area contributed by atoms with Crippen LogP contribution in [0, 0.1) is 5.82 Å². The Hall–Kier alpha value is -2.75. The highest BCUT2D eigenvalue weighted by molar-refractivity contribution is 5.71. The van der Waals surface area contributed by atoms with Gasteiger partial charge in [-0.15, -0.1) is 0 Å². The average Bonchev–Trinajstić information content (AvgIpc) is 2.62. The third-order valence-corrected chi connectivity index (χ3v) is 4.05. The number of hydrogen-bond donors (Lipinski definition) is 0. The minimum absolute atomic E-state index is 0.119. The molecule has 0 fully saturated rings. The summed E-state index contributed by atoms with van der Waals surface area (Å²) in [5, 5.41) is 0. The molecule has 3 aromatic carbocycles. The molecule has 0 aliphatic rings. The predicted molar refractivity (Wildman–Crippen MR) is 93.3 cm³/mol. The lowest BCUT2D eigenvalue weighted by atomic mass is 9.99. The number of benzene rings is 3. The lowest BCUT2D eigenvalue weighted by Gasteiger charge is -2.08. The van der Waals surface area contributed by atoms with E-state index in [4.69, 9.17) is 0 Å². The average molecular weight is 342 g/mol. The summed E-state index contributed by atoms with van der Waals surface area (Å²) in [4.78, 5) is 0. The molecule has 0 amide bonds. The van der Waals surface area contributed by atoms with Gasteiger partial charge in [0.15, 0.2) is 0 Å². The summed E-state index contributed by atoms with van der Waals surface area (Å²) in [6.45, 7) is -0.847. The third-order valence-electron chi connectivity index (χ3n) is 4.05. The van der Waals surface area contributed by atoms with Crippen molar-refractivity contribution >= 4 is 0 Å². The summed E-state index contributed by atoms with van der Waals surface area (Å²) in [5.41, 5.74) is 4.10. The van der Waals surface area contributed by atoms with E-state index in [0.29, 0.717) is 5.56 Å². The van der Waals surface area contributed by atoms with Gasteiger partial charge in [0.2, 0.25) is 0 Å². The van der Waals surface area contributed by atoms with Gasteiger partial charge in [-0.25, -0.2) is 4.39 Å². The van der Waals surface area contributed by atoms with E-state index in [2.05, 4.69) is 4.74 Å². The Bertz CT molecular complexity index is 840. The molecule has 3 rings (SSSR count). The van der Waals surface area contributed by atoms with Gasteiger partial charge >= 0.3 is 6.61 Å². The molecule has 4 heteroatoms. The summed E-state index contributed by atoms with van der Waals surface area (Å²) in [7, 11) is 0. The third kappa shape index (κ3) is 4.02. The lowest BCUT2D eigenvalue weighted by Crippen LogP contribution is -2.01. The van der Waals surface area contributed by atoms with Crippen LogP contribution < -0.4 is 4.74 Å². The van der Waals surface area contributed by atoms with Crippen molar-refractivity contribution in [1.29, 1.82) is 0 Å². The van der Waals surface area contributed by atoms with Crippen molar-refractivity contribution in [3.63, 3.8) is 0 Å². The van der Waals surface area contributed by atoms with Crippen molar-refractivity contribution in [2.45, 2.75) is 20.0 Å². The molecule has 0 N–H and O–H groups in total. The Labute approximate surface area is 144 Å². The maximum absolute atomic E-state index is 14.2. The van der Waals surface area contributed by atoms with Crippen LogP contribution in [0.1, 0.15) is 12.5 Å². The quantitative estimate of drug-likeness (QED) is 0.527. The van der Waals surface area contributed by atoms with E-state index in [9.17, 15) is 13.2 Å². The largest absolute Gasteiger partial charge is 0.435 e. The molecule has 0 heterocycles. The highest BCUT2D eigenvalue weighted by atomic mass is 19.3. The fraction of sp³-hybridized carbons (Fsp3) is 0.143. The van der Waals surface area contributed by atoms with E-state index in [1.165, 1.54) is 12.1 Å². The molecule has 0 radical (unpaired) electrons. The van der Waals surface area contributed by atoms with Gasteiger partial charge in [-0.3, -0.25) is 0 Å². The van der Waals surface area contributed by atoms with Crippen molar-refractivity contribution in [3.05, 3.63) is 78.1 Å². The highest BCUT2D eigenvalue weighted by Gasteiger charge is 2.07. The Kier molecular flexibility index (Phi) is 5.08. The lowest BCUT2D eigenvalue weighted by molar-refractivity contribution is -0.0498. The minimum Gasteiger partial charge on any atom is -0.435 e. The summed E-state index contributed by atoms with van der Waals surface area (Å²) in [6, 6.07) is 19.2. The molecular weight excluding hydrogens is 325 g/mol. The van der Waals surface area contributed by atoms with Gasteiger partial charge in [-0.1, -0.05) is 55.5 Å². The first-order chi connectivity index (χ1) is 12.1. The van der Waals surface area contributed by atoms with Gasteiger partial charge < -0.3 is 4.74 Å². The van der Waals surface area contributed by atoms with E-state index in [1.807, 2.05) is 37.3 Å². The van der Waals surface area contributed by atoms with Gasteiger partial charge in [0.05, 0.1) is 0 Å². The second-order valence-corrected chi connectivity index (χ2v) is 5.65. The van der Waals surface area contributed by atoms with Gasteiger partial charge in [0.1, 0.15) is 11.6 Å². The molecule has 0 spiro atoms. The van der Waals surface area contributed by atoms with Crippen LogP contribution in [0.3, 0.4) is 0 Å². The van der Waals surface area contributed by atoms with Crippen LogP contribution in [-0.2, 0) is 6.42 Å². The topological polar surface area (TPSA) is 9.23 Å². The van der Waals surface area contributed by atoms with Gasteiger partial charge in [-0.05, 0) is 46.9 Å². The van der Waals surface area contributed by atoms with Gasteiger partial charge in [0.25, 0.3) is 0 Å². The van der Waals surface area contributed by atoms with Gasteiger partial charge in [0, 0.05) is 5.56 Å². The zero-order valence-electron chi connectivity index (χ0n) is 13.7. The Balaban J connectivity index is 1.82. The maximum atomic E-state index is 14.2. The molecule has 0 aliphatic carbocycles. The first-order valence-electron chi connectivity index (χ1n) is 8.01. The van der Waals surface area contributed by atoms with Crippen LogP contribution in [0.5, 0.6) is 5.75 Å². The van der Waals surface area contributed by atoms with Crippen molar-refractivity contribution in [2.24, 2.45) is 0 Å². The molecular formula is C21H17F3O. The Morgan fingerprint density at radius 2 is 1.36 bits per heavy atom. The monoisotopic (exact) mass is 342 g/mol. The molecule has 0 bridgehead atoms. The summed E-state index contributed by atoms with van der Waals surface area (Å²) in [6.07, 6.45) is 0.793. The second kappa shape index (κ2) is 7.43. The SMILES string of the molecule is CCc1ccc(-c2ccc(-c3ccc(OC(F)F)cc3)cc2)c(F)c1. The molecule has 0 unspecified atom stereocenters. The van der Waals surface area contributed by atoms with Crippen molar-refractivity contribution < 1.29 is 17.9 Å². The number of halogens is 3. The van der Waals surface area contributed by atoms with E-state index >= 15 is 0 Å². The molecule has 0 aromatic heterocycles. The van der Waals surface area contributed by atoms with E-state index < -0.39 is 6.61 Å². The molecule has 128 valence electrons. The first-order valence-corrected chi connectivity index (χ1v) is 8.01. The van der Waals surface area contributed by atoms with Crippen LogP contribution in [0.15, 0.2) is 66.7 Å². The van der Waals surface area contributed by atoms with Crippen LogP contribution in [0.25, 0.3) is 22.3 Å². The van der Waals surface area contributed by atoms with Crippen molar-refractivity contribution in [1.82, 2.24) is 0 Å². The molecule has 0 saturated carbocycles. The maximum Gasteiger partial charge on any atom is 0.387 e. The normalized spacial score (nSPS) is 10.9. The van der Waals surface area contributed by atoms with E-state index in [1.54, 1.807) is 24.3 Å². The van der Waals surface area contributed by atoms with E-state index in [-0.39, 0.29) is 11.6 Å². The molecule has 0 atom stereocenters. The Morgan fingerprint density at radius 3 is 1.88 bits per heavy atom. The fourth-order valence-corrected chi connectivity index (χ4v) is 2.68. The zero-order chi connectivity index (χ0) is 17.8. The number of alkyl halides is 2. The van der Waals surface area contributed by atoms with Crippen LogP contribution in [0.4, 0.5) is 13.2 Å². The number of aryl methyl sites for hydroxylation is 1. The molecule has 1 nitrogen and oxygen atoms in total. The van der Waals surface area contributed by atoms with Crippen molar-refractivity contribution in [2.75, 3.05) is 0 Å². The molecule has 25 heavy (non-hydrogen) atoms. The molecule has 0 aliphatic heterocycles. The van der Waals surface area contributed by atoms with Crippen LogP contribution in [0.2, 0.25) is 0 Å². The number of hydrogen-bond acceptors (Lipinski definition) is 1. The molecule has 0 saturated heterocycles. The van der Waals surface area contributed by atoms with Crippen molar-refractivity contribution in [3.8, 4) is 28.0 Å². The van der Waals surface area contributed by atoms with Gasteiger partial charge in [-0.2, -0.15) is 8.78 Å². The van der Waals surface area contributed by atoms with E-state index in [0.717, 1.165) is 28.7 Å². The summed E-state index contributed by atoms with van der Waals surface area (Å²) >= 11 is 0. The summed E-state index contributed by atoms with van der Waals surface area (Å²) < 4.78 is 42.9. The highest BCUT2D eigenvalue weighted by Crippen LogP contribution is 2.28. The molecule has 3 aromatic rings. The standard InChI is InChI=1S/C21H17F3O/c1-2-14-3-12-19(20(22)13-14)17-6-4-15(5-7-17)16-8-10-18(11-9-16)25-21(23)24/h3-13,21H,2H2,1H3. The summed E-state index contributed by atoms with van der Waals surface area (Å²) in [5.74, 6) is -0.117. The van der Waals surface area contributed by atoms with Crippen LogP contribution in [-0.4, -0.2) is 6.61 Å². The number of ether oxygens (including phenoxy) is 1. The zero-order valence-corrected chi connectivity index (χ0v) is 13.7. The first kappa shape index (κ1) is 17.1. The van der Waals surface area contributed by atoms with Crippen LogP contribution >= 0.6 is 0 Å². The predicted octanol–water partition coefficient (Wildman–Crippen LogP) is 6.32.